The monoisotopic (exact) mass is 569 g/mol. The van der Waals surface area contributed by atoms with Crippen LogP contribution in [0.25, 0.3) is 5.65 Å². The number of amides is 2. The number of aromatic amines is 1. The maximum atomic E-state index is 12.7. The molecule has 4 aromatic rings. The van der Waals surface area contributed by atoms with E-state index in [1.807, 2.05) is 0 Å². The number of nitrogens with one attached hydrogen (secondary N) is 2. The fraction of sp³-hybridized carbons (Fsp3) is 0.130. The number of aryl methyl sites for hydroxylation is 2. The van der Waals surface area contributed by atoms with Crippen molar-refractivity contribution in [1.82, 2.24) is 23.6 Å². The summed E-state index contributed by atoms with van der Waals surface area (Å²) in [5.74, 6) is -2.15. The number of nitrogens with zero attached hydrogens (tertiary/aromatic N) is 5. The number of fused-ring (bicyclic) bond motifs is 2. The highest BCUT2D eigenvalue weighted by molar-refractivity contribution is 7.90. The van der Waals surface area contributed by atoms with Gasteiger partial charge in [0.05, 0.1) is 16.1 Å². The fourth-order valence-electron chi connectivity index (χ4n) is 3.99. The molecule has 0 saturated heterocycles. The lowest BCUT2D eigenvalue weighted by Crippen LogP contribution is -2.42. The number of azo groups is 1. The Morgan fingerprint density at radius 3 is 2.44 bits per heavy atom. The molecule has 14 nitrogen and oxygen atoms in total. The Balaban J connectivity index is 1.31. The number of aromatic nitrogens is 3. The second-order valence-corrected chi connectivity index (χ2v) is 12.0. The Morgan fingerprint density at radius 1 is 1.05 bits per heavy atom. The Kier molecular flexibility index (Phi) is 6.15. The van der Waals surface area contributed by atoms with E-state index in [4.69, 9.17) is 0 Å². The highest BCUT2D eigenvalue weighted by Crippen LogP contribution is 2.29. The lowest BCUT2D eigenvalue weighted by Gasteiger charge is -2.15. The second kappa shape index (κ2) is 9.25. The molecule has 0 spiro atoms. The standard InChI is InChI=1S/C23H19N7O7S2/c1-13-11-14(2)30-21(24-13)20(22(32)27-30)26-25-15-7-9-16(10-8-15)38(34,35)28-19(31)12-29-23(33)17-5-3-4-6-18(17)39(29,36)37/h3-11H,12H2,1-2H3,(H,27,32)(H,28,31). The van der Waals surface area contributed by atoms with Gasteiger partial charge in [-0.2, -0.15) is 5.11 Å². The molecule has 0 radical (unpaired) electrons. The Hall–Kier alpha value is -4.70. The zero-order valence-electron chi connectivity index (χ0n) is 20.3. The van der Waals surface area contributed by atoms with Crippen LogP contribution in [-0.2, 0) is 24.8 Å². The molecule has 5 rings (SSSR count). The van der Waals surface area contributed by atoms with Crippen LogP contribution in [0.2, 0.25) is 0 Å². The van der Waals surface area contributed by atoms with Crippen molar-refractivity contribution < 1.29 is 26.4 Å². The van der Waals surface area contributed by atoms with Crippen LogP contribution in [0.4, 0.5) is 11.4 Å². The number of sulfonamides is 2. The van der Waals surface area contributed by atoms with Gasteiger partial charge in [0.1, 0.15) is 11.4 Å². The van der Waals surface area contributed by atoms with Gasteiger partial charge in [-0.3, -0.25) is 19.5 Å². The van der Waals surface area contributed by atoms with Crippen LogP contribution in [0, 0.1) is 13.8 Å². The van der Waals surface area contributed by atoms with Gasteiger partial charge in [0, 0.05) is 11.4 Å². The summed E-state index contributed by atoms with van der Waals surface area (Å²) in [6.07, 6.45) is 0. The van der Waals surface area contributed by atoms with Crippen molar-refractivity contribution in [3.05, 3.63) is 81.9 Å². The number of benzene rings is 2. The van der Waals surface area contributed by atoms with E-state index in [2.05, 4.69) is 20.3 Å². The molecule has 2 aromatic carbocycles. The molecule has 16 heteroatoms. The van der Waals surface area contributed by atoms with Crippen molar-refractivity contribution >= 4 is 48.9 Å². The summed E-state index contributed by atoms with van der Waals surface area (Å²) in [5, 5.41) is 10.5. The number of carbonyl (C=O) groups is 2. The van der Waals surface area contributed by atoms with Crippen LogP contribution in [0.1, 0.15) is 21.7 Å². The summed E-state index contributed by atoms with van der Waals surface area (Å²) in [4.78, 5) is 40.9. The van der Waals surface area contributed by atoms with Crippen LogP contribution in [0.15, 0.2) is 79.4 Å². The summed E-state index contributed by atoms with van der Waals surface area (Å²) in [7, 11) is -8.70. The van der Waals surface area contributed by atoms with Crippen LogP contribution < -0.4 is 10.3 Å². The van der Waals surface area contributed by atoms with Gasteiger partial charge >= 0.3 is 0 Å². The first kappa shape index (κ1) is 25.9. The molecule has 2 amide bonds. The summed E-state index contributed by atoms with van der Waals surface area (Å²) < 4.78 is 54.1. The maximum absolute atomic E-state index is 12.7. The maximum Gasteiger partial charge on any atom is 0.294 e. The van der Waals surface area contributed by atoms with Gasteiger partial charge < -0.3 is 0 Å². The molecule has 200 valence electrons. The number of hydrogen-bond acceptors (Lipinski definition) is 10. The topological polar surface area (TPSA) is 193 Å². The molecule has 1 aliphatic rings. The predicted molar refractivity (Wildman–Crippen MR) is 136 cm³/mol. The third kappa shape index (κ3) is 4.59. The third-order valence-electron chi connectivity index (χ3n) is 5.76. The lowest BCUT2D eigenvalue weighted by atomic mass is 10.2. The molecule has 1 aliphatic heterocycles. The largest absolute Gasteiger partial charge is 0.294 e. The smallest absolute Gasteiger partial charge is 0.272 e. The van der Waals surface area contributed by atoms with Gasteiger partial charge in [0.2, 0.25) is 0 Å². The zero-order valence-corrected chi connectivity index (χ0v) is 21.9. The number of rotatable bonds is 6. The fourth-order valence-corrected chi connectivity index (χ4v) is 6.49. The van der Waals surface area contributed by atoms with E-state index in [1.165, 1.54) is 40.9 Å². The summed E-state index contributed by atoms with van der Waals surface area (Å²) in [6.45, 7) is 2.54. The van der Waals surface area contributed by atoms with E-state index in [0.717, 1.165) is 17.8 Å². The Labute approximate surface area is 221 Å². The molecule has 0 bridgehead atoms. The number of hydrogen-bond donors (Lipinski definition) is 2. The van der Waals surface area contributed by atoms with E-state index in [9.17, 15) is 31.2 Å². The average molecular weight is 570 g/mol. The quantitative estimate of drug-likeness (QED) is 0.328. The SMILES string of the molecule is Cc1cc(C)n2[nH]c(=O)c(N=Nc3ccc(S(=O)(=O)NC(=O)CN4C(=O)c5ccccc5S4(=O)=O)cc3)c2n1. The van der Waals surface area contributed by atoms with Gasteiger partial charge in [-0.25, -0.2) is 35.4 Å². The Bertz CT molecular complexity index is 1980. The summed E-state index contributed by atoms with van der Waals surface area (Å²) in [5.41, 5.74) is 1.26. The Morgan fingerprint density at radius 2 is 1.74 bits per heavy atom. The highest BCUT2D eigenvalue weighted by Gasteiger charge is 2.42. The molecule has 2 N–H and O–H groups in total. The molecule has 0 saturated carbocycles. The normalized spacial score (nSPS) is 14.7. The molecule has 0 unspecified atom stereocenters. The summed E-state index contributed by atoms with van der Waals surface area (Å²) >= 11 is 0. The van der Waals surface area contributed by atoms with Gasteiger partial charge in [-0.15, -0.1) is 5.11 Å². The van der Waals surface area contributed by atoms with Crippen LogP contribution in [0.3, 0.4) is 0 Å². The van der Waals surface area contributed by atoms with Gasteiger partial charge in [0.25, 0.3) is 37.4 Å². The molecule has 0 fully saturated rings. The van der Waals surface area contributed by atoms with E-state index < -0.39 is 44.0 Å². The average Bonchev–Trinajstić information content (AvgIpc) is 3.29. The molecular weight excluding hydrogens is 550 g/mol. The first-order valence-electron chi connectivity index (χ1n) is 11.2. The third-order valence-corrected chi connectivity index (χ3v) is 8.94. The van der Waals surface area contributed by atoms with Gasteiger partial charge in [-0.1, -0.05) is 12.1 Å². The van der Waals surface area contributed by atoms with Crippen LogP contribution in [-0.4, -0.2) is 54.1 Å². The van der Waals surface area contributed by atoms with Gasteiger partial charge in [-0.05, 0) is 56.3 Å². The minimum atomic E-state index is -4.42. The molecule has 0 aliphatic carbocycles. The van der Waals surface area contributed by atoms with Crippen molar-refractivity contribution in [3.63, 3.8) is 0 Å². The molecular formula is C23H19N7O7S2. The predicted octanol–water partition coefficient (Wildman–Crippen LogP) is 1.70. The molecule has 0 atom stereocenters. The van der Waals surface area contributed by atoms with E-state index >= 15 is 0 Å². The lowest BCUT2D eigenvalue weighted by molar-refractivity contribution is -0.119. The molecule has 2 aromatic heterocycles. The van der Waals surface area contributed by atoms with Crippen LogP contribution in [0.5, 0.6) is 0 Å². The first-order valence-corrected chi connectivity index (χ1v) is 14.1. The van der Waals surface area contributed by atoms with Crippen molar-refractivity contribution in [2.75, 3.05) is 6.54 Å². The van der Waals surface area contributed by atoms with E-state index in [1.54, 1.807) is 24.6 Å². The molecule has 3 heterocycles. The summed E-state index contributed by atoms with van der Waals surface area (Å²) in [6, 6.07) is 12.1. The van der Waals surface area contributed by atoms with E-state index in [0.29, 0.717) is 10.00 Å². The minimum absolute atomic E-state index is 0.0284. The van der Waals surface area contributed by atoms with Crippen molar-refractivity contribution in [3.8, 4) is 0 Å². The van der Waals surface area contributed by atoms with Gasteiger partial charge in [0.15, 0.2) is 11.3 Å². The second-order valence-electron chi connectivity index (χ2n) is 8.52. The van der Waals surface area contributed by atoms with Crippen molar-refractivity contribution in [2.24, 2.45) is 10.2 Å². The van der Waals surface area contributed by atoms with Crippen molar-refractivity contribution in [1.29, 1.82) is 0 Å². The van der Waals surface area contributed by atoms with Crippen molar-refractivity contribution in [2.45, 2.75) is 23.6 Å². The van der Waals surface area contributed by atoms with Crippen LogP contribution >= 0.6 is 0 Å². The minimum Gasteiger partial charge on any atom is -0.272 e. The zero-order chi connectivity index (χ0) is 28.1. The van der Waals surface area contributed by atoms with E-state index in [-0.39, 0.29) is 32.4 Å². The highest BCUT2D eigenvalue weighted by atomic mass is 32.2. The molecule has 39 heavy (non-hydrogen) atoms. The number of H-pyrrole nitrogens is 1. The first-order chi connectivity index (χ1) is 18.4. The number of carbonyl (C=O) groups excluding carboxylic acids is 2.